The van der Waals surface area contributed by atoms with Gasteiger partial charge in [0, 0.05) is 48.5 Å². The molecule has 6 nitrogen and oxygen atoms in total. The first-order valence-corrected chi connectivity index (χ1v) is 14.1. The third-order valence-electron chi connectivity index (χ3n) is 6.28. The van der Waals surface area contributed by atoms with E-state index in [1.54, 1.807) is 11.9 Å². The lowest BCUT2D eigenvalue weighted by Crippen LogP contribution is -2.22. The topological polar surface area (TPSA) is 59.4 Å². The molecule has 35 heavy (non-hydrogen) atoms. The Labute approximate surface area is 221 Å². The van der Waals surface area contributed by atoms with Gasteiger partial charge < -0.3 is 18.9 Å². The van der Waals surface area contributed by atoms with E-state index in [2.05, 4.69) is 76.1 Å². The van der Waals surface area contributed by atoms with Gasteiger partial charge in [-0.05, 0) is 79.6 Å². The maximum absolute atomic E-state index is 11.6. The minimum absolute atomic E-state index is 0.0347. The van der Waals surface area contributed by atoms with Gasteiger partial charge in [0.05, 0.1) is 16.4 Å². The molecule has 1 N–H and O–H groups in total. The van der Waals surface area contributed by atoms with E-state index in [4.69, 9.17) is 9.72 Å². The monoisotopic (exact) mass is 558 g/mol. The molecule has 8 heteroatoms. The second-order valence-corrected chi connectivity index (χ2v) is 11.9. The van der Waals surface area contributed by atoms with Crippen LogP contribution in [0.1, 0.15) is 45.9 Å². The van der Waals surface area contributed by atoms with Crippen LogP contribution in [-0.2, 0) is 21.5 Å². The van der Waals surface area contributed by atoms with E-state index in [-0.39, 0.29) is 16.7 Å². The highest BCUT2D eigenvalue weighted by molar-refractivity contribution is 9.09. The Kier molecular flexibility index (Phi) is 8.45. The number of carbonyl (C=O) groups is 1. The summed E-state index contributed by atoms with van der Waals surface area (Å²) >= 11 is 4.82. The summed E-state index contributed by atoms with van der Waals surface area (Å²) in [6.45, 7) is 9.47. The van der Waals surface area contributed by atoms with Crippen LogP contribution >= 0.6 is 27.9 Å². The first kappa shape index (κ1) is 26.0. The molecule has 0 radical (unpaired) electrons. The van der Waals surface area contributed by atoms with Gasteiger partial charge in [-0.15, -0.1) is 0 Å². The zero-order chi connectivity index (χ0) is 25.0. The summed E-state index contributed by atoms with van der Waals surface area (Å²) in [6, 6.07) is 14.5. The van der Waals surface area contributed by atoms with Crippen molar-refractivity contribution in [1.82, 2.24) is 9.55 Å². The molecule has 1 aliphatic heterocycles. The fraction of sp³-hybridized carbons (Fsp3) is 0.481. The second-order valence-electron chi connectivity index (χ2n) is 10.2. The summed E-state index contributed by atoms with van der Waals surface area (Å²) in [5.74, 6) is 1.71. The standard InChI is InChI=1S/C27H35BrN4O2S/c1-27(2,3)26-30-23-16-21(9-12-24(23)32(26)18-19-6-5-14-34-15-13-19)31(4)35-22-10-7-20(8-11-22)29-25(33)17-28/h7-12,16,19H,5-6,13-15,17-18H2,1-4H3,(H,29,33). The average Bonchev–Trinajstić information content (AvgIpc) is 3.00. The Morgan fingerprint density at radius 2 is 1.97 bits per heavy atom. The maximum atomic E-state index is 11.6. The number of imidazole rings is 1. The number of carbonyl (C=O) groups excluding carboxylic acids is 1. The van der Waals surface area contributed by atoms with Crippen molar-refractivity contribution < 1.29 is 9.53 Å². The highest BCUT2D eigenvalue weighted by Crippen LogP contribution is 2.33. The molecule has 188 valence electrons. The number of benzene rings is 2. The lowest BCUT2D eigenvalue weighted by atomic mass is 9.94. The van der Waals surface area contributed by atoms with Crippen LogP contribution < -0.4 is 9.62 Å². The van der Waals surface area contributed by atoms with E-state index >= 15 is 0 Å². The SMILES string of the molecule is CN(Sc1ccc(NC(=O)CBr)cc1)c1ccc2c(c1)nc(C(C)(C)C)n2CC1CCCOCC1. The molecule has 2 heterocycles. The van der Waals surface area contributed by atoms with Crippen molar-refractivity contribution in [3.8, 4) is 0 Å². The number of amides is 1. The van der Waals surface area contributed by atoms with Crippen LogP contribution in [0.4, 0.5) is 11.4 Å². The lowest BCUT2D eigenvalue weighted by molar-refractivity contribution is -0.113. The van der Waals surface area contributed by atoms with E-state index in [1.807, 2.05) is 24.3 Å². The smallest absolute Gasteiger partial charge is 0.235 e. The zero-order valence-corrected chi connectivity index (χ0v) is 23.4. The van der Waals surface area contributed by atoms with E-state index < -0.39 is 0 Å². The Balaban J connectivity index is 1.55. The van der Waals surface area contributed by atoms with Crippen molar-refractivity contribution in [2.45, 2.75) is 56.9 Å². The van der Waals surface area contributed by atoms with Gasteiger partial charge in [0.2, 0.25) is 5.91 Å². The van der Waals surface area contributed by atoms with Crippen LogP contribution in [0.5, 0.6) is 0 Å². The fourth-order valence-corrected chi connectivity index (χ4v) is 5.42. The van der Waals surface area contributed by atoms with Crippen LogP contribution in [-0.4, -0.2) is 41.0 Å². The predicted molar refractivity (Wildman–Crippen MR) is 150 cm³/mol. The second kappa shape index (κ2) is 11.4. The van der Waals surface area contributed by atoms with Crippen LogP contribution in [0.25, 0.3) is 11.0 Å². The molecular weight excluding hydrogens is 524 g/mol. The van der Waals surface area contributed by atoms with E-state index in [0.29, 0.717) is 5.92 Å². The molecule has 1 aliphatic rings. The molecule has 1 unspecified atom stereocenters. The fourth-order valence-electron chi connectivity index (χ4n) is 4.49. The van der Waals surface area contributed by atoms with Gasteiger partial charge in [-0.25, -0.2) is 4.98 Å². The number of aromatic nitrogens is 2. The highest BCUT2D eigenvalue weighted by atomic mass is 79.9. The first-order chi connectivity index (χ1) is 16.7. The van der Waals surface area contributed by atoms with Crippen molar-refractivity contribution in [1.29, 1.82) is 0 Å². The largest absolute Gasteiger partial charge is 0.381 e. The average molecular weight is 560 g/mol. The number of halogens is 1. The summed E-state index contributed by atoms with van der Waals surface area (Å²) in [7, 11) is 2.07. The van der Waals surface area contributed by atoms with Crippen LogP contribution in [0.2, 0.25) is 0 Å². The normalized spacial score (nSPS) is 16.8. The minimum Gasteiger partial charge on any atom is -0.381 e. The van der Waals surface area contributed by atoms with Gasteiger partial charge in [-0.2, -0.15) is 0 Å². The number of anilines is 2. The molecule has 4 rings (SSSR count). The van der Waals surface area contributed by atoms with Gasteiger partial charge >= 0.3 is 0 Å². The quantitative estimate of drug-likeness (QED) is 0.260. The molecule has 0 bridgehead atoms. The van der Waals surface area contributed by atoms with Gasteiger partial charge in [-0.3, -0.25) is 4.79 Å². The number of nitrogens with zero attached hydrogens (tertiary/aromatic N) is 3. The Morgan fingerprint density at radius 1 is 1.20 bits per heavy atom. The first-order valence-electron chi connectivity index (χ1n) is 12.2. The van der Waals surface area contributed by atoms with E-state index in [9.17, 15) is 4.79 Å². The Bertz CT molecular complexity index is 1150. The zero-order valence-electron chi connectivity index (χ0n) is 21.0. The highest BCUT2D eigenvalue weighted by Gasteiger charge is 2.25. The van der Waals surface area contributed by atoms with Crippen molar-refractivity contribution in [3.63, 3.8) is 0 Å². The third kappa shape index (κ3) is 6.60. The molecule has 2 aromatic carbocycles. The third-order valence-corrected chi connectivity index (χ3v) is 7.76. The predicted octanol–water partition coefficient (Wildman–Crippen LogP) is 6.63. The van der Waals surface area contributed by atoms with Crippen LogP contribution in [0, 0.1) is 5.92 Å². The number of fused-ring (bicyclic) bond motifs is 1. The van der Waals surface area contributed by atoms with Crippen molar-refractivity contribution in [2.75, 3.05) is 35.2 Å². The number of hydrogen-bond acceptors (Lipinski definition) is 5. The number of alkyl halides is 1. The van der Waals surface area contributed by atoms with Crippen molar-refractivity contribution >= 4 is 56.2 Å². The number of ether oxygens (including phenoxy) is 1. The van der Waals surface area contributed by atoms with Gasteiger partial charge in [-0.1, -0.05) is 36.7 Å². The number of rotatable bonds is 7. The summed E-state index contributed by atoms with van der Waals surface area (Å²) in [5, 5.41) is 3.14. The summed E-state index contributed by atoms with van der Waals surface area (Å²) in [5.41, 5.74) is 4.11. The molecular formula is C27H35BrN4O2S. The Morgan fingerprint density at radius 3 is 2.69 bits per heavy atom. The molecule has 1 atom stereocenters. The van der Waals surface area contributed by atoms with Crippen LogP contribution in [0.15, 0.2) is 47.4 Å². The number of hydrogen-bond donors (Lipinski definition) is 1. The van der Waals surface area contributed by atoms with Crippen molar-refractivity contribution in [3.05, 3.63) is 48.3 Å². The van der Waals surface area contributed by atoms with Gasteiger partial charge in [0.25, 0.3) is 0 Å². The minimum atomic E-state index is -0.0581. The molecule has 1 fully saturated rings. The van der Waals surface area contributed by atoms with Crippen molar-refractivity contribution in [2.24, 2.45) is 5.92 Å². The summed E-state index contributed by atoms with van der Waals surface area (Å²) in [6.07, 6.45) is 3.46. The molecule has 1 amide bonds. The summed E-state index contributed by atoms with van der Waals surface area (Å²) in [4.78, 5) is 17.8. The molecule has 0 spiro atoms. The number of nitrogens with one attached hydrogen (secondary N) is 1. The summed E-state index contributed by atoms with van der Waals surface area (Å²) < 4.78 is 10.3. The van der Waals surface area contributed by atoms with Crippen LogP contribution in [0.3, 0.4) is 0 Å². The molecule has 3 aromatic rings. The lowest BCUT2D eigenvalue weighted by Gasteiger charge is -2.23. The van der Waals surface area contributed by atoms with Gasteiger partial charge in [0.15, 0.2) is 0 Å². The van der Waals surface area contributed by atoms with E-state index in [0.717, 1.165) is 60.2 Å². The van der Waals surface area contributed by atoms with E-state index in [1.165, 1.54) is 11.9 Å². The molecule has 0 aliphatic carbocycles. The van der Waals surface area contributed by atoms with Gasteiger partial charge in [0.1, 0.15) is 5.82 Å². The molecule has 0 saturated carbocycles. The molecule has 1 saturated heterocycles. The maximum Gasteiger partial charge on any atom is 0.235 e. The Hall–Kier alpha value is -2.03. The molecule has 1 aromatic heterocycles.